The SMILES string of the molecule is COC(=O)c1ccc(C(=O)NCCN(CCCN(CCNC(=O)c2ccc(C(=O)OC)c(OC)c2OC)CCNC(=O)c2ccc(C(=O)OC)c(OC)c2OC)CCNC(=O)c2ccc(C(=O)OC)c(OC)c2OC)c(OC)c1OC. The number of amides is 4. The molecule has 0 bridgehead atoms. The monoisotopic (exact) mass is 1130 g/mol. The van der Waals surface area contributed by atoms with Crippen LogP contribution in [0.1, 0.15) is 89.3 Å². The smallest absolute Gasteiger partial charge is 0.341 e. The number of rotatable bonds is 32. The van der Waals surface area contributed by atoms with Gasteiger partial charge in [0.1, 0.15) is 22.3 Å². The van der Waals surface area contributed by atoms with Crippen LogP contribution >= 0.6 is 0 Å². The van der Waals surface area contributed by atoms with Gasteiger partial charge in [0.15, 0.2) is 46.0 Å². The molecule has 4 rings (SSSR count). The Balaban J connectivity index is 1.60. The third-order valence-electron chi connectivity index (χ3n) is 12.5. The van der Waals surface area contributed by atoms with Crippen molar-refractivity contribution in [3.8, 4) is 46.0 Å². The maximum atomic E-state index is 13.7. The first-order chi connectivity index (χ1) is 39.0. The van der Waals surface area contributed by atoms with Crippen molar-refractivity contribution in [3.05, 3.63) is 93.0 Å². The first kappa shape index (κ1) is 64.5. The number of ether oxygens (including phenoxy) is 12. The summed E-state index contributed by atoms with van der Waals surface area (Å²) in [6.45, 7) is 2.23. The molecule has 26 heteroatoms. The number of carbonyl (C=O) groups is 8. The molecule has 26 nitrogen and oxygen atoms in total. The van der Waals surface area contributed by atoms with Crippen LogP contribution in [0.15, 0.2) is 48.5 Å². The van der Waals surface area contributed by atoms with Crippen molar-refractivity contribution >= 4 is 47.5 Å². The van der Waals surface area contributed by atoms with Gasteiger partial charge in [0.25, 0.3) is 23.6 Å². The molecule has 440 valence electrons. The lowest BCUT2D eigenvalue weighted by molar-refractivity contribution is 0.0587. The zero-order valence-corrected chi connectivity index (χ0v) is 47.5. The number of esters is 4. The maximum absolute atomic E-state index is 13.7. The second-order valence-electron chi connectivity index (χ2n) is 16.9. The molecule has 0 atom stereocenters. The molecule has 0 spiro atoms. The van der Waals surface area contributed by atoms with E-state index >= 15 is 0 Å². The molecule has 0 unspecified atom stereocenters. The summed E-state index contributed by atoms with van der Waals surface area (Å²) in [5.41, 5.74) is 0.559. The fourth-order valence-electron chi connectivity index (χ4n) is 8.55. The van der Waals surface area contributed by atoms with Crippen LogP contribution < -0.4 is 59.2 Å². The fraction of sp³-hybridized carbons (Fsp3) is 0.418. The van der Waals surface area contributed by atoms with Crippen molar-refractivity contribution in [2.75, 3.05) is 151 Å². The number of nitrogens with one attached hydrogen (secondary N) is 4. The molecule has 0 heterocycles. The molecule has 4 amide bonds. The zero-order valence-electron chi connectivity index (χ0n) is 47.5. The zero-order chi connectivity index (χ0) is 59.8. The van der Waals surface area contributed by atoms with Crippen LogP contribution in [0, 0.1) is 0 Å². The molecule has 0 aliphatic rings. The van der Waals surface area contributed by atoms with E-state index in [9.17, 15) is 38.4 Å². The van der Waals surface area contributed by atoms with Gasteiger partial charge in [-0.25, -0.2) is 19.2 Å². The molecule has 0 radical (unpaired) electrons. The van der Waals surface area contributed by atoms with Crippen molar-refractivity contribution in [2.45, 2.75) is 6.42 Å². The Labute approximate surface area is 468 Å². The van der Waals surface area contributed by atoms with E-state index in [0.717, 1.165) is 0 Å². The Morgan fingerprint density at radius 3 is 0.630 bits per heavy atom. The lowest BCUT2D eigenvalue weighted by Gasteiger charge is -2.26. The summed E-state index contributed by atoms with van der Waals surface area (Å²) in [7, 11) is 15.5. The first-order valence-electron chi connectivity index (χ1n) is 24.9. The highest BCUT2D eigenvalue weighted by atomic mass is 16.6. The number of methoxy groups -OCH3 is 12. The minimum absolute atomic E-state index is 0.00995. The molecule has 0 fully saturated rings. The van der Waals surface area contributed by atoms with Crippen LogP contribution in [0.3, 0.4) is 0 Å². The van der Waals surface area contributed by atoms with Crippen molar-refractivity contribution in [3.63, 3.8) is 0 Å². The van der Waals surface area contributed by atoms with Gasteiger partial charge in [0, 0.05) is 52.4 Å². The van der Waals surface area contributed by atoms with E-state index in [1.54, 1.807) is 0 Å². The number of hydrogen-bond acceptors (Lipinski definition) is 22. The summed E-state index contributed by atoms with van der Waals surface area (Å²) >= 11 is 0. The van der Waals surface area contributed by atoms with E-state index in [4.69, 9.17) is 56.8 Å². The maximum Gasteiger partial charge on any atom is 0.341 e. The van der Waals surface area contributed by atoms with Crippen LogP contribution in [-0.2, 0) is 18.9 Å². The third-order valence-corrected chi connectivity index (χ3v) is 12.5. The standard InChI is InChI=1S/C55H70N6O20/c1-70-40-32(14-18-36(44(40)74-5)52(66)78-9)48(62)56-22-28-60(29-23-57-49(63)33-15-19-37(53(67)79-10)45(75-6)41(33)71-2)26-13-27-61(30-24-58-50(64)34-16-20-38(54(68)80-11)46(76-7)42(34)72-3)31-25-59-51(65)35-17-21-39(55(69)81-12)47(77-8)43(35)73-4/h14-21H,13,22-31H2,1-12H3,(H,56,62)(H,57,63)(H,58,64)(H,59,65). The lowest BCUT2D eigenvalue weighted by Crippen LogP contribution is -2.42. The van der Waals surface area contributed by atoms with Crippen molar-refractivity contribution < 1.29 is 95.2 Å². The van der Waals surface area contributed by atoms with Crippen molar-refractivity contribution in [2.24, 2.45) is 0 Å². The molecule has 0 saturated carbocycles. The minimum Gasteiger partial charge on any atom is -0.492 e. The highest BCUT2D eigenvalue weighted by Gasteiger charge is 2.28. The predicted octanol–water partition coefficient (Wildman–Crippen LogP) is 2.92. The predicted molar refractivity (Wildman–Crippen MR) is 290 cm³/mol. The average molecular weight is 1140 g/mol. The number of nitrogens with zero attached hydrogens (tertiary/aromatic N) is 2. The van der Waals surface area contributed by atoms with E-state index in [1.807, 2.05) is 9.80 Å². The molecule has 0 saturated heterocycles. The Hall–Kier alpha value is -9.04. The van der Waals surface area contributed by atoms with Gasteiger partial charge in [-0.05, 0) is 68.0 Å². The lowest BCUT2D eigenvalue weighted by atomic mass is 10.1. The van der Waals surface area contributed by atoms with E-state index in [2.05, 4.69) is 21.3 Å². The van der Waals surface area contributed by atoms with Gasteiger partial charge in [0.2, 0.25) is 0 Å². The quantitative estimate of drug-likeness (QED) is 0.0404. The number of hydrogen-bond donors (Lipinski definition) is 4. The van der Waals surface area contributed by atoms with Crippen LogP contribution in [0.5, 0.6) is 46.0 Å². The Morgan fingerprint density at radius 1 is 0.284 bits per heavy atom. The molecule has 4 aromatic rings. The Morgan fingerprint density at radius 2 is 0.457 bits per heavy atom. The van der Waals surface area contributed by atoms with Gasteiger partial charge in [-0.1, -0.05) is 0 Å². The Bertz CT molecular complexity index is 2520. The summed E-state index contributed by atoms with van der Waals surface area (Å²) in [6, 6.07) is 11.2. The first-order valence-corrected chi connectivity index (χ1v) is 24.9. The normalized spacial score (nSPS) is 10.6. The molecule has 0 aliphatic carbocycles. The number of carbonyl (C=O) groups excluding carboxylic acids is 8. The van der Waals surface area contributed by atoms with Gasteiger partial charge in [-0.15, -0.1) is 0 Å². The molecule has 4 N–H and O–H groups in total. The highest BCUT2D eigenvalue weighted by molar-refractivity contribution is 6.04. The van der Waals surface area contributed by atoms with Crippen molar-refractivity contribution in [1.82, 2.24) is 31.1 Å². The molecule has 0 aromatic heterocycles. The summed E-state index contributed by atoms with van der Waals surface area (Å²) in [5, 5.41) is 11.6. The van der Waals surface area contributed by atoms with Crippen LogP contribution in [0.2, 0.25) is 0 Å². The largest absolute Gasteiger partial charge is 0.492 e. The van der Waals surface area contributed by atoms with Gasteiger partial charge in [0.05, 0.1) is 108 Å². The van der Waals surface area contributed by atoms with Gasteiger partial charge in [-0.3, -0.25) is 29.0 Å². The average Bonchev–Trinajstić information content (AvgIpc) is 3.50. The molecule has 4 aromatic carbocycles. The molecule has 81 heavy (non-hydrogen) atoms. The van der Waals surface area contributed by atoms with Gasteiger partial charge < -0.3 is 78.1 Å². The van der Waals surface area contributed by atoms with E-state index in [0.29, 0.717) is 19.5 Å². The summed E-state index contributed by atoms with van der Waals surface area (Å²) in [6.07, 6.45) is 0.476. The van der Waals surface area contributed by atoms with Crippen molar-refractivity contribution in [1.29, 1.82) is 0 Å². The number of benzene rings is 4. The van der Waals surface area contributed by atoms with Gasteiger partial charge in [-0.2, -0.15) is 0 Å². The minimum atomic E-state index is -0.694. The molecular formula is C55H70N6O20. The molecule has 0 aliphatic heterocycles. The van der Waals surface area contributed by atoms with Crippen LogP contribution in [0.25, 0.3) is 0 Å². The van der Waals surface area contributed by atoms with Crippen LogP contribution in [0.4, 0.5) is 0 Å². The topological polar surface area (TPSA) is 302 Å². The summed E-state index contributed by atoms with van der Waals surface area (Å²) < 4.78 is 63.2. The van der Waals surface area contributed by atoms with Crippen LogP contribution in [-0.4, -0.2) is 208 Å². The van der Waals surface area contributed by atoms with E-state index < -0.39 is 47.5 Å². The third kappa shape index (κ3) is 16.1. The van der Waals surface area contributed by atoms with Gasteiger partial charge >= 0.3 is 23.9 Å². The molecular weight excluding hydrogens is 1060 g/mol. The fourth-order valence-corrected chi connectivity index (χ4v) is 8.55. The second-order valence-corrected chi connectivity index (χ2v) is 16.9. The second kappa shape index (κ2) is 32.1. The van der Waals surface area contributed by atoms with E-state index in [1.165, 1.54) is 134 Å². The summed E-state index contributed by atoms with van der Waals surface area (Å²) in [4.78, 5) is 109. The van der Waals surface area contributed by atoms with E-state index in [-0.39, 0.29) is 143 Å². The highest BCUT2D eigenvalue weighted by Crippen LogP contribution is 2.38. The Kier molecular flexibility index (Phi) is 25.6. The summed E-state index contributed by atoms with van der Waals surface area (Å²) in [5.74, 6) is -4.81.